The van der Waals surface area contributed by atoms with Crippen molar-refractivity contribution in [2.24, 2.45) is 0 Å². The van der Waals surface area contributed by atoms with E-state index in [1.807, 2.05) is 21.0 Å². The summed E-state index contributed by atoms with van der Waals surface area (Å²) in [4.78, 5) is 23.1. The predicted octanol–water partition coefficient (Wildman–Crippen LogP) is -0.0438. The Hall–Kier alpha value is -1.40. The summed E-state index contributed by atoms with van der Waals surface area (Å²) in [6.07, 6.45) is 0.481. The van der Waals surface area contributed by atoms with Gasteiger partial charge in [-0.1, -0.05) is 6.92 Å². The van der Waals surface area contributed by atoms with Gasteiger partial charge in [0.2, 0.25) is 5.88 Å². The van der Waals surface area contributed by atoms with Crippen LogP contribution in [0.15, 0.2) is 4.79 Å². The molecule has 1 aromatic rings. The number of nitrogens with one attached hydrogen (secondary N) is 1. The van der Waals surface area contributed by atoms with E-state index in [-0.39, 0.29) is 17.5 Å². The quantitative estimate of drug-likeness (QED) is 0.772. The largest absolute Gasteiger partial charge is 0.493 e. The molecular weight excluding hydrogens is 232 g/mol. The van der Waals surface area contributed by atoms with Crippen LogP contribution in [0.3, 0.4) is 0 Å². The number of nitrogens with zero attached hydrogens (tertiary/aromatic N) is 3. The van der Waals surface area contributed by atoms with Gasteiger partial charge in [0.1, 0.15) is 5.82 Å². The van der Waals surface area contributed by atoms with E-state index in [2.05, 4.69) is 19.8 Å². The Balaban J connectivity index is 2.36. The first kappa shape index (κ1) is 13.0. The second kappa shape index (κ2) is 5.07. The summed E-state index contributed by atoms with van der Waals surface area (Å²) in [6.45, 7) is 4.54. The lowest BCUT2D eigenvalue weighted by Crippen LogP contribution is -2.45. The highest BCUT2D eigenvalue weighted by Gasteiger charge is 2.26. The number of aromatic hydroxyl groups is 1. The monoisotopic (exact) mass is 252 g/mol. The molecule has 0 aromatic carbocycles. The fraction of sp³-hybridized carbons (Fsp3) is 0.667. The molecule has 1 aliphatic heterocycles. The maximum absolute atomic E-state index is 11.8. The Bertz CT molecular complexity index is 485. The minimum absolute atomic E-state index is 0.0215. The van der Waals surface area contributed by atoms with Gasteiger partial charge < -0.3 is 15.0 Å². The van der Waals surface area contributed by atoms with Gasteiger partial charge in [-0.2, -0.15) is 4.98 Å². The highest BCUT2D eigenvalue weighted by Crippen LogP contribution is 2.21. The van der Waals surface area contributed by atoms with E-state index in [1.54, 1.807) is 0 Å². The second-order valence-electron chi connectivity index (χ2n) is 4.87. The van der Waals surface area contributed by atoms with Crippen molar-refractivity contribution < 1.29 is 5.11 Å². The van der Waals surface area contributed by atoms with Crippen molar-refractivity contribution in [3.8, 4) is 5.88 Å². The van der Waals surface area contributed by atoms with Gasteiger partial charge >= 0.3 is 0 Å². The van der Waals surface area contributed by atoms with Crippen molar-refractivity contribution in [1.29, 1.82) is 0 Å². The lowest BCUT2D eigenvalue weighted by atomic mass is 10.1. The maximum Gasteiger partial charge on any atom is 0.257 e. The van der Waals surface area contributed by atoms with Gasteiger partial charge in [-0.15, -0.1) is 0 Å². The van der Waals surface area contributed by atoms with Crippen LogP contribution in [-0.4, -0.2) is 58.6 Å². The number of aromatic amines is 1. The van der Waals surface area contributed by atoms with Crippen LogP contribution in [0.4, 0.5) is 0 Å². The van der Waals surface area contributed by atoms with Crippen LogP contribution in [0.25, 0.3) is 0 Å². The van der Waals surface area contributed by atoms with E-state index in [9.17, 15) is 9.90 Å². The summed E-state index contributed by atoms with van der Waals surface area (Å²) < 4.78 is 0. The van der Waals surface area contributed by atoms with Crippen LogP contribution >= 0.6 is 0 Å². The molecule has 2 rings (SSSR count). The average Bonchev–Trinajstić information content (AvgIpc) is 2.32. The van der Waals surface area contributed by atoms with Crippen molar-refractivity contribution in [1.82, 2.24) is 19.8 Å². The van der Waals surface area contributed by atoms with Gasteiger partial charge in [0, 0.05) is 19.6 Å². The average molecular weight is 252 g/mol. The normalized spacial score (nSPS) is 22.3. The van der Waals surface area contributed by atoms with Crippen LogP contribution in [-0.2, 0) is 6.42 Å². The van der Waals surface area contributed by atoms with Crippen molar-refractivity contribution in [2.75, 3.05) is 33.7 Å². The third-order valence-corrected chi connectivity index (χ3v) is 3.53. The molecule has 0 radical (unpaired) electrons. The fourth-order valence-corrected chi connectivity index (χ4v) is 2.28. The van der Waals surface area contributed by atoms with E-state index < -0.39 is 0 Å². The van der Waals surface area contributed by atoms with Gasteiger partial charge in [-0.3, -0.25) is 9.69 Å². The number of hydrogen-bond donors (Lipinski definition) is 2. The van der Waals surface area contributed by atoms with E-state index in [4.69, 9.17) is 0 Å². The number of rotatable bonds is 2. The van der Waals surface area contributed by atoms with Crippen LogP contribution < -0.4 is 5.56 Å². The molecule has 2 N–H and O–H groups in total. The predicted molar refractivity (Wildman–Crippen MR) is 68.8 cm³/mol. The number of aromatic nitrogens is 2. The summed E-state index contributed by atoms with van der Waals surface area (Å²) >= 11 is 0. The molecule has 0 amide bonds. The Morgan fingerprint density at radius 1 is 1.44 bits per heavy atom. The molecule has 1 atom stereocenters. The molecule has 1 aliphatic rings. The number of likely N-dealkylation sites (N-methyl/N-ethyl adjacent to an activating group) is 2. The second-order valence-corrected chi connectivity index (χ2v) is 4.87. The highest BCUT2D eigenvalue weighted by atomic mass is 16.3. The van der Waals surface area contributed by atoms with E-state index >= 15 is 0 Å². The lowest BCUT2D eigenvalue weighted by Gasteiger charge is -2.36. The van der Waals surface area contributed by atoms with E-state index in [0.29, 0.717) is 17.8 Å². The summed E-state index contributed by atoms with van der Waals surface area (Å²) in [5.74, 6) is 0.404. The van der Waals surface area contributed by atoms with Crippen LogP contribution in [0.1, 0.15) is 24.4 Å². The van der Waals surface area contributed by atoms with Crippen LogP contribution in [0.5, 0.6) is 5.88 Å². The van der Waals surface area contributed by atoms with Gasteiger partial charge in [0.15, 0.2) is 0 Å². The standard InChI is InChI=1S/C12H20N4O2/c1-4-8-11(17)13-10(14-12(8)18)9-7-15(2)5-6-16(9)3/h9H,4-7H2,1-3H3,(H2,13,14,17,18). The third kappa shape index (κ3) is 2.39. The highest BCUT2D eigenvalue weighted by molar-refractivity contribution is 5.23. The Morgan fingerprint density at radius 3 is 2.78 bits per heavy atom. The van der Waals surface area contributed by atoms with Crippen molar-refractivity contribution in [3.05, 3.63) is 21.7 Å². The zero-order valence-corrected chi connectivity index (χ0v) is 11.1. The molecule has 1 saturated heterocycles. The lowest BCUT2D eigenvalue weighted by molar-refractivity contribution is 0.109. The van der Waals surface area contributed by atoms with Crippen molar-refractivity contribution >= 4 is 0 Å². The fourth-order valence-electron chi connectivity index (χ4n) is 2.28. The van der Waals surface area contributed by atoms with E-state index in [1.165, 1.54) is 0 Å². The summed E-state index contributed by atoms with van der Waals surface area (Å²) in [7, 11) is 4.04. The molecule has 6 heteroatoms. The van der Waals surface area contributed by atoms with Gasteiger partial charge in [0.25, 0.3) is 5.56 Å². The minimum atomic E-state index is -0.235. The molecule has 18 heavy (non-hydrogen) atoms. The molecule has 1 aromatic heterocycles. The zero-order chi connectivity index (χ0) is 13.3. The molecule has 1 unspecified atom stereocenters. The molecule has 100 valence electrons. The van der Waals surface area contributed by atoms with Crippen molar-refractivity contribution in [3.63, 3.8) is 0 Å². The maximum atomic E-state index is 11.8. The summed E-state index contributed by atoms with van der Waals surface area (Å²) in [6, 6.07) is 0.0215. The molecule has 0 aliphatic carbocycles. The Labute approximate surface area is 106 Å². The van der Waals surface area contributed by atoms with Crippen LogP contribution in [0, 0.1) is 0 Å². The molecule has 1 fully saturated rings. The molecule has 2 heterocycles. The van der Waals surface area contributed by atoms with Gasteiger partial charge in [0.05, 0.1) is 11.6 Å². The van der Waals surface area contributed by atoms with Gasteiger partial charge in [-0.05, 0) is 20.5 Å². The zero-order valence-electron chi connectivity index (χ0n) is 11.1. The third-order valence-electron chi connectivity index (χ3n) is 3.53. The summed E-state index contributed by atoms with van der Waals surface area (Å²) in [5, 5.41) is 9.79. The van der Waals surface area contributed by atoms with Crippen molar-refractivity contribution in [2.45, 2.75) is 19.4 Å². The first-order valence-electron chi connectivity index (χ1n) is 6.23. The van der Waals surface area contributed by atoms with E-state index in [0.717, 1.165) is 19.6 Å². The molecule has 6 nitrogen and oxygen atoms in total. The molecule has 0 spiro atoms. The molecule has 0 saturated carbocycles. The molecule has 0 bridgehead atoms. The number of hydrogen-bond acceptors (Lipinski definition) is 5. The first-order chi connectivity index (χ1) is 8.52. The SMILES string of the molecule is CCc1c(O)nc(C2CN(C)CCN2C)[nH]c1=O. The smallest absolute Gasteiger partial charge is 0.257 e. The van der Waals surface area contributed by atoms with Crippen LogP contribution in [0.2, 0.25) is 0 Å². The topological polar surface area (TPSA) is 72.5 Å². The minimum Gasteiger partial charge on any atom is -0.493 e. The van der Waals surface area contributed by atoms with Gasteiger partial charge in [-0.25, -0.2) is 0 Å². The summed E-state index contributed by atoms with van der Waals surface area (Å²) in [5.41, 5.74) is 0.118. The Morgan fingerprint density at radius 2 is 2.17 bits per heavy atom. The first-order valence-corrected chi connectivity index (χ1v) is 6.23. The number of H-pyrrole nitrogens is 1. The number of piperazine rings is 1. The Kier molecular flexibility index (Phi) is 3.68. The molecular formula is C12H20N4O2.